The molecule has 0 aliphatic carbocycles. The van der Waals surface area contributed by atoms with E-state index >= 15 is 0 Å². The van der Waals surface area contributed by atoms with Gasteiger partial charge >= 0.3 is 0 Å². The first-order valence-corrected chi connectivity index (χ1v) is 10.7. The standard InChI is InChI=1S/C20H21ClN4O3S/c1-14-8-9-16(21)10-18(14)20(26)24-19(15-6-4-3-5-7-15)12-23-29(27,28)17-11-22-25(2)13-17/h3-11,13,19,23H,12H2,1-2H3,(H,24,26). The molecule has 0 saturated heterocycles. The van der Waals surface area contributed by atoms with Gasteiger partial charge in [0.2, 0.25) is 10.0 Å². The summed E-state index contributed by atoms with van der Waals surface area (Å²) >= 11 is 6.03. The number of aromatic nitrogens is 2. The Kier molecular flexibility index (Phi) is 6.36. The van der Waals surface area contributed by atoms with Crippen LogP contribution in [0.3, 0.4) is 0 Å². The summed E-state index contributed by atoms with van der Waals surface area (Å²) in [5.74, 6) is -0.334. The maximum Gasteiger partial charge on any atom is 0.252 e. The van der Waals surface area contributed by atoms with Crippen LogP contribution in [0.1, 0.15) is 27.5 Å². The topological polar surface area (TPSA) is 93.1 Å². The van der Waals surface area contributed by atoms with Crippen LogP contribution >= 0.6 is 11.6 Å². The Morgan fingerprint density at radius 1 is 1.21 bits per heavy atom. The zero-order valence-corrected chi connectivity index (χ0v) is 17.5. The minimum absolute atomic E-state index is 0.0212. The van der Waals surface area contributed by atoms with Crippen molar-refractivity contribution in [3.8, 4) is 0 Å². The highest BCUT2D eigenvalue weighted by atomic mass is 35.5. The molecule has 0 saturated carbocycles. The van der Waals surface area contributed by atoms with Crippen molar-refractivity contribution in [2.24, 2.45) is 7.05 Å². The number of carbonyl (C=O) groups excluding carboxylic acids is 1. The van der Waals surface area contributed by atoms with Crippen molar-refractivity contribution in [1.82, 2.24) is 19.8 Å². The molecule has 3 rings (SSSR count). The molecule has 1 aromatic heterocycles. The van der Waals surface area contributed by atoms with E-state index in [4.69, 9.17) is 11.6 Å². The van der Waals surface area contributed by atoms with Crippen LogP contribution in [0.15, 0.2) is 65.8 Å². The second-order valence-corrected chi connectivity index (χ2v) is 8.80. The van der Waals surface area contributed by atoms with E-state index in [1.807, 2.05) is 37.3 Å². The third-order valence-electron chi connectivity index (χ3n) is 4.42. The first-order chi connectivity index (χ1) is 13.8. The first kappa shape index (κ1) is 21.0. The molecule has 152 valence electrons. The first-order valence-electron chi connectivity index (χ1n) is 8.86. The predicted octanol–water partition coefficient (Wildman–Crippen LogP) is 2.83. The van der Waals surface area contributed by atoms with Crippen LogP contribution in [-0.4, -0.2) is 30.7 Å². The molecule has 0 fully saturated rings. The molecule has 1 unspecified atom stereocenters. The van der Waals surface area contributed by atoms with E-state index in [1.165, 1.54) is 17.1 Å². The van der Waals surface area contributed by atoms with Gasteiger partial charge in [-0.15, -0.1) is 0 Å². The van der Waals surface area contributed by atoms with Crippen molar-refractivity contribution < 1.29 is 13.2 Å². The van der Waals surface area contributed by atoms with Gasteiger partial charge in [-0.25, -0.2) is 13.1 Å². The fraction of sp³-hybridized carbons (Fsp3) is 0.200. The zero-order valence-electron chi connectivity index (χ0n) is 16.0. The number of amides is 1. The van der Waals surface area contributed by atoms with Crippen LogP contribution < -0.4 is 10.0 Å². The van der Waals surface area contributed by atoms with Crippen molar-refractivity contribution >= 4 is 27.5 Å². The Balaban J connectivity index is 1.82. The molecular formula is C20H21ClN4O3S. The molecule has 7 nitrogen and oxygen atoms in total. The Morgan fingerprint density at radius 3 is 2.59 bits per heavy atom. The molecule has 3 aromatic rings. The molecule has 0 radical (unpaired) electrons. The fourth-order valence-corrected chi connectivity index (χ4v) is 4.03. The maximum absolute atomic E-state index is 12.8. The summed E-state index contributed by atoms with van der Waals surface area (Å²) in [6.07, 6.45) is 2.68. The van der Waals surface area contributed by atoms with Crippen molar-refractivity contribution in [2.75, 3.05) is 6.54 Å². The number of aryl methyl sites for hydroxylation is 2. The van der Waals surface area contributed by atoms with Gasteiger partial charge in [0.25, 0.3) is 5.91 Å². The van der Waals surface area contributed by atoms with E-state index in [0.717, 1.165) is 11.1 Å². The van der Waals surface area contributed by atoms with E-state index < -0.39 is 16.1 Å². The van der Waals surface area contributed by atoms with Crippen LogP contribution in [-0.2, 0) is 17.1 Å². The quantitative estimate of drug-likeness (QED) is 0.600. The van der Waals surface area contributed by atoms with Gasteiger partial charge in [-0.1, -0.05) is 48.0 Å². The van der Waals surface area contributed by atoms with Gasteiger partial charge in [-0.05, 0) is 30.2 Å². The van der Waals surface area contributed by atoms with Gasteiger partial charge < -0.3 is 5.32 Å². The lowest BCUT2D eigenvalue weighted by Crippen LogP contribution is -2.38. The van der Waals surface area contributed by atoms with E-state index in [-0.39, 0.29) is 17.3 Å². The Hall–Kier alpha value is -2.68. The summed E-state index contributed by atoms with van der Waals surface area (Å²) in [4.78, 5) is 12.9. The van der Waals surface area contributed by atoms with Gasteiger partial charge in [0.05, 0.1) is 12.2 Å². The molecule has 1 amide bonds. The molecule has 1 heterocycles. The Bertz CT molecular complexity index is 1110. The lowest BCUT2D eigenvalue weighted by Gasteiger charge is -2.20. The highest BCUT2D eigenvalue weighted by Gasteiger charge is 2.22. The number of hydrogen-bond acceptors (Lipinski definition) is 4. The molecular weight excluding hydrogens is 412 g/mol. The smallest absolute Gasteiger partial charge is 0.252 e. The van der Waals surface area contributed by atoms with E-state index in [0.29, 0.717) is 10.6 Å². The average molecular weight is 433 g/mol. The monoisotopic (exact) mass is 432 g/mol. The summed E-state index contributed by atoms with van der Waals surface area (Å²) in [7, 11) is -2.13. The normalized spacial score (nSPS) is 12.5. The van der Waals surface area contributed by atoms with Gasteiger partial charge in [-0.2, -0.15) is 5.10 Å². The molecule has 9 heteroatoms. The average Bonchev–Trinajstić information content (AvgIpc) is 3.15. The third kappa shape index (κ3) is 5.23. The molecule has 0 aliphatic rings. The second-order valence-electron chi connectivity index (χ2n) is 6.60. The predicted molar refractivity (Wildman–Crippen MR) is 111 cm³/mol. The molecule has 0 aliphatic heterocycles. The van der Waals surface area contributed by atoms with Crippen LogP contribution in [0.5, 0.6) is 0 Å². The number of hydrogen-bond donors (Lipinski definition) is 2. The molecule has 2 N–H and O–H groups in total. The summed E-state index contributed by atoms with van der Waals surface area (Å²) in [6, 6.07) is 13.7. The SMILES string of the molecule is Cc1ccc(Cl)cc1C(=O)NC(CNS(=O)(=O)c1cnn(C)c1)c1ccccc1. The van der Waals surface area contributed by atoms with E-state index in [2.05, 4.69) is 15.1 Å². The molecule has 1 atom stereocenters. The Morgan fingerprint density at radius 2 is 1.93 bits per heavy atom. The number of halogens is 1. The molecule has 0 bridgehead atoms. The number of carbonyl (C=O) groups is 1. The van der Waals surface area contributed by atoms with Crippen LogP contribution in [0, 0.1) is 6.92 Å². The molecule has 2 aromatic carbocycles. The molecule has 29 heavy (non-hydrogen) atoms. The number of sulfonamides is 1. The van der Waals surface area contributed by atoms with Crippen molar-refractivity contribution in [3.63, 3.8) is 0 Å². The largest absolute Gasteiger partial charge is 0.344 e. The van der Waals surface area contributed by atoms with Gasteiger partial charge in [-0.3, -0.25) is 9.48 Å². The van der Waals surface area contributed by atoms with Crippen LogP contribution in [0.25, 0.3) is 0 Å². The number of rotatable bonds is 7. The number of benzene rings is 2. The summed E-state index contributed by atoms with van der Waals surface area (Å²) in [5, 5.41) is 7.24. The van der Waals surface area contributed by atoms with Crippen LogP contribution in [0.2, 0.25) is 5.02 Å². The fourth-order valence-electron chi connectivity index (χ4n) is 2.83. The number of nitrogens with zero attached hydrogens (tertiary/aromatic N) is 2. The highest BCUT2D eigenvalue weighted by molar-refractivity contribution is 7.89. The lowest BCUT2D eigenvalue weighted by molar-refractivity contribution is 0.0936. The minimum atomic E-state index is -3.76. The minimum Gasteiger partial charge on any atom is -0.344 e. The van der Waals surface area contributed by atoms with Crippen molar-refractivity contribution in [2.45, 2.75) is 17.9 Å². The lowest BCUT2D eigenvalue weighted by atomic mass is 10.0. The van der Waals surface area contributed by atoms with E-state index in [9.17, 15) is 13.2 Å². The van der Waals surface area contributed by atoms with Crippen LogP contribution in [0.4, 0.5) is 0 Å². The van der Waals surface area contributed by atoms with Crippen molar-refractivity contribution in [3.05, 3.63) is 82.6 Å². The van der Waals surface area contributed by atoms with Gasteiger partial charge in [0.1, 0.15) is 4.90 Å². The Labute approximate surface area is 174 Å². The molecule has 0 spiro atoms. The number of nitrogens with one attached hydrogen (secondary N) is 2. The van der Waals surface area contributed by atoms with Crippen molar-refractivity contribution in [1.29, 1.82) is 0 Å². The maximum atomic E-state index is 12.8. The van der Waals surface area contributed by atoms with E-state index in [1.54, 1.807) is 25.2 Å². The summed E-state index contributed by atoms with van der Waals surface area (Å²) in [5.41, 5.74) is 1.98. The second kappa shape index (κ2) is 8.77. The summed E-state index contributed by atoms with van der Waals surface area (Å²) < 4.78 is 29.0. The summed E-state index contributed by atoms with van der Waals surface area (Å²) in [6.45, 7) is 1.79. The third-order valence-corrected chi connectivity index (χ3v) is 6.03. The van der Waals surface area contributed by atoms with Gasteiger partial charge in [0, 0.05) is 30.4 Å². The highest BCUT2D eigenvalue weighted by Crippen LogP contribution is 2.18. The zero-order chi connectivity index (χ0) is 21.0. The van der Waals surface area contributed by atoms with Gasteiger partial charge in [0.15, 0.2) is 0 Å².